The molecule has 1 fully saturated rings. The topological polar surface area (TPSA) is 3.24 Å². The minimum Gasteiger partial charge on any atom is -0.301 e. The van der Waals surface area contributed by atoms with Gasteiger partial charge in [-0.3, -0.25) is 0 Å². The highest BCUT2D eigenvalue weighted by atomic mass is 79.9. The van der Waals surface area contributed by atoms with E-state index < -0.39 is 0 Å². The van der Waals surface area contributed by atoms with E-state index in [4.69, 9.17) is 0 Å². The number of halogens is 1. The Morgan fingerprint density at radius 1 is 1.25 bits per heavy atom. The molecule has 3 unspecified atom stereocenters. The first kappa shape index (κ1) is 14.8. The van der Waals surface area contributed by atoms with Crippen molar-refractivity contribution in [2.45, 2.75) is 45.1 Å². The molecular weight excluding hydrogens is 282 g/mol. The van der Waals surface area contributed by atoms with Gasteiger partial charge >= 0.3 is 0 Å². The number of hydrogen-bond acceptors (Lipinski definition) is 2. The second-order valence-corrected chi connectivity index (χ2v) is 8.72. The van der Waals surface area contributed by atoms with Crippen LogP contribution in [0.2, 0.25) is 0 Å². The minimum atomic E-state index is 0.403. The molecule has 1 aliphatic heterocycles. The molecule has 1 heterocycles. The van der Waals surface area contributed by atoms with E-state index in [2.05, 4.69) is 67.2 Å². The summed E-state index contributed by atoms with van der Waals surface area (Å²) in [6.07, 6.45) is 0. The molecule has 1 nitrogen and oxygen atoms in total. The summed E-state index contributed by atoms with van der Waals surface area (Å²) < 4.78 is 0. The van der Waals surface area contributed by atoms with Gasteiger partial charge < -0.3 is 4.90 Å². The van der Waals surface area contributed by atoms with Crippen molar-refractivity contribution in [1.29, 1.82) is 0 Å². The normalized spacial score (nSPS) is 30.4. The molecule has 3 heteroatoms. The molecule has 1 saturated heterocycles. The van der Waals surface area contributed by atoms with Gasteiger partial charge in [0.25, 0.3) is 0 Å². The Kier molecular flexibility index (Phi) is 5.66. The quantitative estimate of drug-likeness (QED) is 0.728. The molecule has 0 spiro atoms. The lowest BCUT2D eigenvalue weighted by Gasteiger charge is -2.39. The lowest BCUT2D eigenvalue weighted by atomic mass is 9.81. The SMILES string of the molecule is CC1CN(CC(CBr)C(C)(C)C)CC(C)S1. The molecule has 3 atom stereocenters. The van der Waals surface area contributed by atoms with Crippen LogP contribution in [-0.4, -0.2) is 40.4 Å². The molecule has 1 aliphatic rings. The smallest absolute Gasteiger partial charge is 0.0149 e. The first-order chi connectivity index (χ1) is 7.32. The number of alkyl halides is 1. The molecule has 96 valence electrons. The first-order valence-electron chi connectivity index (χ1n) is 6.26. The monoisotopic (exact) mass is 307 g/mol. The van der Waals surface area contributed by atoms with Gasteiger partial charge in [0, 0.05) is 35.5 Å². The molecule has 0 aliphatic carbocycles. The first-order valence-corrected chi connectivity index (χ1v) is 8.33. The maximum absolute atomic E-state index is 3.68. The highest BCUT2D eigenvalue weighted by molar-refractivity contribution is 9.09. The van der Waals surface area contributed by atoms with Gasteiger partial charge in [-0.1, -0.05) is 50.5 Å². The van der Waals surface area contributed by atoms with Gasteiger partial charge in [-0.25, -0.2) is 0 Å². The number of nitrogens with zero attached hydrogens (tertiary/aromatic N) is 1. The average Bonchev–Trinajstić information content (AvgIpc) is 2.10. The fourth-order valence-corrected chi connectivity index (χ4v) is 4.86. The molecule has 0 bridgehead atoms. The predicted molar refractivity (Wildman–Crippen MR) is 79.7 cm³/mol. The fraction of sp³-hybridized carbons (Fsp3) is 1.00. The summed E-state index contributed by atoms with van der Waals surface area (Å²) in [5, 5.41) is 2.70. The molecule has 1 rings (SSSR count). The van der Waals surface area contributed by atoms with E-state index in [1.165, 1.54) is 19.6 Å². The van der Waals surface area contributed by atoms with Gasteiger partial charge in [-0.15, -0.1) is 0 Å². The van der Waals surface area contributed by atoms with Crippen LogP contribution in [-0.2, 0) is 0 Å². The van der Waals surface area contributed by atoms with Crippen molar-refractivity contribution in [3.8, 4) is 0 Å². The summed E-state index contributed by atoms with van der Waals surface area (Å²) >= 11 is 5.81. The number of hydrogen-bond donors (Lipinski definition) is 0. The molecule has 16 heavy (non-hydrogen) atoms. The van der Waals surface area contributed by atoms with Crippen LogP contribution < -0.4 is 0 Å². The van der Waals surface area contributed by atoms with Crippen LogP contribution in [0, 0.1) is 11.3 Å². The van der Waals surface area contributed by atoms with E-state index in [9.17, 15) is 0 Å². The lowest BCUT2D eigenvalue weighted by Crippen LogP contribution is -2.45. The van der Waals surface area contributed by atoms with Crippen LogP contribution in [0.1, 0.15) is 34.6 Å². The Labute approximate surface area is 114 Å². The standard InChI is InChI=1S/C13H26BrNS/c1-10-7-15(8-11(2)16-10)9-12(6-14)13(3,4)5/h10-12H,6-9H2,1-5H3. The van der Waals surface area contributed by atoms with Crippen LogP contribution in [0.4, 0.5) is 0 Å². The van der Waals surface area contributed by atoms with Gasteiger partial charge in [0.1, 0.15) is 0 Å². The number of rotatable bonds is 3. The molecule has 0 aromatic heterocycles. The maximum atomic E-state index is 3.68. The zero-order valence-corrected chi connectivity index (χ0v) is 13.7. The van der Waals surface area contributed by atoms with Crippen molar-refractivity contribution >= 4 is 27.7 Å². The van der Waals surface area contributed by atoms with E-state index in [0.717, 1.165) is 21.7 Å². The largest absolute Gasteiger partial charge is 0.301 e. The minimum absolute atomic E-state index is 0.403. The van der Waals surface area contributed by atoms with Crippen molar-refractivity contribution in [2.24, 2.45) is 11.3 Å². The Hall–Kier alpha value is 0.790. The van der Waals surface area contributed by atoms with Gasteiger partial charge in [0.15, 0.2) is 0 Å². The van der Waals surface area contributed by atoms with Crippen LogP contribution in [0.3, 0.4) is 0 Å². The van der Waals surface area contributed by atoms with Gasteiger partial charge in [0.2, 0.25) is 0 Å². The Balaban J connectivity index is 2.51. The van der Waals surface area contributed by atoms with Crippen molar-refractivity contribution in [2.75, 3.05) is 25.0 Å². The van der Waals surface area contributed by atoms with E-state index in [1.807, 2.05) is 0 Å². The van der Waals surface area contributed by atoms with Gasteiger partial charge in [-0.05, 0) is 11.3 Å². The predicted octanol–water partition coefficient (Wildman–Crippen LogP) is 3.87. The molecule has 0 N–H and O–H groups in total. The Bertz CT molecular complexity index is 204. The highest BCUT2D eigenvalue weighted by Gasteiger charge is 2.29. The average molecular weight is 308 g/mol. The Morgan fingerprint density at radius 2 is 1.75 bits per heavy atom. The van der Waals surface area contributed by atoms with Crippen molar-refractivity contribution < 1.29 is 0 Å². The highest BCUT2D eigenvalue weighted by Crippen LogP contribution is 2.31. The van der Waals surface area contributed by atoms with E-state index in [1.54, 1.807) is 0 Å². The van der Waals surface area contributed by atoms with Crippen LogP contribution in [0.25, 0.3) is 0 Å². The van der Waals surface area contributed by atoms with Crippen LogP contribution >= 0.6 is 27.7 Å². The molecule has 0 saturated carbocycles. The maximum Gasteiger partial charge on any atom is 0.0149 e. The second-order valence-electron chi connectivity index (χ2n) is 6.19. The third kappa shape index (κ3) is 4.58. The summed E-state index contributed by atoms with van der Waals surface area (Å²) in [5.74, 6) is 0.745. The Morgan fingerprint density at radius 3 is 2.12 bits per heavy atom. The summed E-state index contributed by atoms with van der Waals surface area (Å²) in [4.78, 5) is 2.66. The zero-order chi connectivity index (χ0) is 12.3. The van der Waals surface area contributed by atoms with Crippen LogP contribution in [0.5, 0.6) is 0 Å². The molecular formula is C13H26BrNS. The molecule has 0 amide bonds. The third-order valence-electron chi connectivity index (χ3n) is 3.38. The molecule has 0 aromatic rings. The summed E-state index contributed by atoms with van der Waals surface area (Å²) in [6, 6.07) is 0. The van der Waals surface area contributed by atoms with Crippen molar-refractivity contribution in [3.63, 3.8) is 0 Å². The van der Waals surface area contributed by atoms with Crippen molar-refractivity contribution in [1.82, 2.24) is 4.90 Å². The van der Waals surface area contributed by atoms with E-state index >= 15 is 0 Å². The van der Waals surface area contributed by atoms with Crippen LogP contribution in [0.15, 0.2) is 0 Å². The summed E-state index contributed by atoms with van der Waals surface area (Å²) in [5.41, 5.74) is 0.403. The number of thioether (sulfide) groups is 1. The summed E-state index contributed by atoms with van der Waals surface area (Å²) in [6.45, 7) is 15.5. The third-order valence-corrected chi connectivity index (χ3v) is 5.39. The van der Waals surface area contributed by atoms with Gasteiger partial charge in [-0.2, -0.15) is 11.8 Å². The van der Waals surface area contributed by atoms with E-state index in [-0.39, 0.29) is 0 Å². The summed E-state index contributed by atoms with van der Waals surface area (Å²) in [7, 11) is 0. The second kappa shape index (κ2) is 6.10. The fourth-order valence-electron chi connectivity index (χ4n) is 2.30. The molecule has 0 radical (unpaired) electrons. The zero-order valence-electron chi connectivity index (χ0n) is 11.3. The van der Waals surface area contributed by atoms with Crippen molar-refractivity contribution in [3.05, 3.63) is 0 Å². The van der Waals surface area contributed by atoms with E-state index in [0.29, 0.717) is 5.41 Å². The molecule has 0 aromatic carbocycles. The van der Waals surface area contributed by atoms with Gasteiger partial charge in [0.05, 0.1) is 0 Å². The lowest BCUT2D eigenvalue weighted by molar-refractivity contribution is 0.164.